The van der Waals surface area contributed by atoms with Gasteiger partial charge in [-0.15, -0.1) is 5.11 Å². The predicted octanol–water partition coefficient (Wildman–Crippen LogP) is 4.91. The van der Waals surface area contributed by atoms with E-state index >= 15 is 0 Å². The van der Waals surface area contributed by atoms with Crippen molar-refractivity contribution in [1.82, 2.24) is 4.57 Å². The van der Waals surface area contributed by atoms with Gasteiger partial charge in [0.2, 0.25) is 5.88 Å². The van der Waals surface area contributed by atoms with Crippen molar-refractivity contribution in [2.45, 2.75) is 40.2 Å². The Morgan fingerprint density at radius 1 is 1.32 bits per heavy atom. The van der Waals surface area contributed by atoms with Crippen LogP contribution in [0, 0.1) is 25.2 Å². The predicted molar refractivity (Wildman–Crippen MR) is 97.1 cm³/mol. The normalized spacial score (nSPS) is 11.0. The maximum absolute atomic E-state index is 12.6. The van der Waals surface area contributed by atoms with E-state index in [-0.39, 0.29) is 17.1 Å². The van der Waals surface area contributed by atoms with E-state index in [9.17, 15) is 15.2 Å². The number of hydrogen-bond acceptors (Lipinski definition) is 5. The fraction of sp³-hybridized carbons (Fsp3) is 0.333. The molecule has 0 aliphatic carbocycles. The van der Waals surface area contributed by atoms with Crippen LogP contribution >= 0.6 is 11.6 Å². The molecular weight excluding hydrogens is 340 g/mol. The molecule has 0 saturated carbocycles. The molecule has 0 unspecified atom stereocenters. The van der Waals surface area contributed by atoms with Gasteiger partial charge in [-0.05, 0) is 38.0 Å². The number of hydrogen-bond donors (Lipinski definition) is 1. The summed E-state index contributed by atoms with van der Waals surface area (Å²) in [6.45, 7) is 5.73. The average Bonchev–Trinajstić information content (AvgIpc) is 2.58. The lowest BCUT2D eigenvalue weighted by atomic mass is 10.1. The highest BCUT2D eigenvalue weighted by atomic mass is 35.5. The second-order valence-electron chi connectivity index (χ2n) is 5.73. The molecule has 1 aromatic heterocycles. The van der Waals surface area contributed by atoms with Crippen molar-refractivity contribution in [3.8, 4) is 11.9 Å². The molecule has 0 radical (unpaired) electrons. The molecule has 25 heavy (non-hydrogen) atoms. The maximum atomic E-state index is 12.6. The molecule has 0 aliphatic heterocycles. The molecule has 0 spiro atoms. The van der Waals surface area contributed by atoms with E-state index < -0.39 is 5.56 Å². The number of pyridine rings is 1. The third kappa shape index (κ3) is 3.89. The van der Waals surface area contributed by atoms with Crippen LogP contribution in [0.1, 0.15) is 36.5 Å². The lowest BCUT2D eigenvalue weighted by Crippen LogP contribution is -2.22. The molecule has 0 aliphatic rings. The van der Waals surface area contributed by atoms with Gasteiger partial charge in [0.1, 0.15) is 11.6 Å². The van der Waals surface area contributed by atoms with Crippen LogP contribution in [0.2, 0.25) is 5.02 Å². The smallest absolute Gasteiger partial charge is 0.281 e. The highest BCUT2D eigenvalue weighted by Gasteiger charge is 2.18. The van der Waals surface area contributed by atoms with Crippen molar-refractivity contribution < 1.29 is 5.11 Å². The van der Waals surface area contributed by atoms with Crippen molar-refractivity contribution >= 4 is 23.0 Å². The first-order chi connectivity index (χ1) is 11.9. The first-order valence-corrected chi connectivity index (χ1v) is 8.32. The van der Waals surface area contributed by atoms with E-state index in [1.165, 1.54) is 4.57 Å². The molecule has 6 nitrogen and oxygen atoms in total. The Kier molecular flexibility index (Phi) is 5.94. The Morgan fingerprint density at radius 2 is 2.04 bits per heavy atom. The van der Waals surface area contributed by atoms with Crippen molar-refractivity contribution in [2.24, 2.45) is 10.2 Å². The quantitative estimate of drug-likeness (QED) is 0.769. The van der Waals surface area contributed by atoms with E-state index in [4.69, 9.17) is 11.6 Å². The number of rotatable bonds is 5. The van der Waals surface area contributed by atoms with Crippen molar-refractivity contribution in [3.63, 3.8) is 0 Å². The van der Waals surface area contributed by atoms with Crippen LogP contribution in [0.3, 0.4) is 0 Å². The standard InChI is InChI=1S/C18H19ClN4O2/c1-4-5-8-23-17(24)14(10-20)12(3)16(18(23)25)22-21-13-7-6-11(2)15(19)9-13/h6-7,9,24H,4-5,8H2,1-3H3. The van der Waals surface area contributed by atoms with Gasteiger partial charge in [0.25, 0.3) is 5.56 Å². The number of nitriles is 1. The zero-order valence-electron chi connectivity index (χ0n) is 14.4. The number of nitrogens with zero attached hydrogens (tertiary/aromatic N) is 4. The lowest BCUT2D eigenvalue weighted by molar-refractivity contribution is 0.399. The zero-order chi connectivity index (χ0) is 18.6. The van der Waals surface area contributed by atoms with Crippen molar-refractivity contribution in [1.29, 1.82) is 5.26 Å². The maximum Gasteiger partial charge on any atom is 0.281 e. The molecule has 1 N–H and O–H groups in total. The number of aromatic hydroxyl groups is 1. The summed E-state index contributed by atoms with van der Waals surface area (Å²) in [6.07, 6.45) is 1.55. The number of azo groups is 1. The van der Waals surface area contributed by atoms with Gasteiger partial charge in [-0.25, -0.2) is 0 Å². The molecule has 1 aromatic carbocycles. The Bertz CT molecular complexity index is 926. The Labute approximate surface area is 151 Å². The first kappa shape index (κ1) is 18.7. The summed E-state index contributed by atoms with van der Waals surface area (Å²) in [4.78, 5) is 12.6. The number of aryl methyl sites for hydroxylation is 1. The van der Waals surface area contributed by atoms with Crippen LogP contribution in [-0.4, -0.2) is 9.67 Å². The molecule has 0 fully saturated rings. The van der Waals surface area contributed by atoms with Crippen LogP contribution in [0.25, 0.3) is 0 Å². The lowest BCUT2D eigenvalue weighted by Gasteiger charge is -2.12. The molecule has 130 valence electrons. The molecule has 2 rings (SSSR count). The summed E-state index contributed by atoms with van der Waals surface area (Å²) in [5.74, 6) is -0.323. The third-order valence-corrected chi connectivity index (χ3v) is 4.33. The largest absolute Gasteiger partial charge is 0.493 e. The van der Waals surface area contributed by atoms with E-state index in [1.54, 1.807) is 25.1 Å². The minimum absolute atomic E-state index is 0.0339. The molecule has 1 heterocycles. The van der Waals surface area contributed by atoms with E-state index in [0.717, 1.165) is 12.0 Å². The van der Waals surface area contributed by atoms with Crippen LogP contribution in [0.15, 0.2) is 33.2 Å². The Balaban J connectivity index is 2.56. The van der Waals surface area contributed by atoms with Gasteiger partial charge < -0.3 is 5.11 Å². The van der Waals surface area contributed by atoms with Crippen LogP contribution < -0.4 is 5.56 Å². The number of benzene rings is 1. The number of aromatic nitrogens is 1. The highest BCUT2D eigenvalue weighted by molar-refractivity contribution is 6.31. The van der Waals surface area contributed by atoms with Gasteiger partial charge in [-0.2, -0.15) is 10.4 Å². The summed E-state index contributed by atoms with van der Waals surface area (Å²) in [7, 11) is 0. The molecule has 7 heteroatoms. The Morgan fingerprint density at radius 3 is 2.64 bits per heavy atom. The minimum atomic E-state index is -0.468. The fourth-order valence-corrected chi connectivity index (χ4v) is 2.51. The summed E-state index contributed by atoms with van der Waals surface area (Å²) in [6, 6.07) is 7.12. The summed E-state index contributed by atoms with van der Waals surface area (Å²) >= 11 is 6.07. The topological polar surface area (TPSA) is 90.7 Å². The van der Waals surface area contributed by atoms with E-state index in [0.29, 0.717) is 29.2 Å². The number of halogens is 1. The van der Waals surface area contributed by atoms with Gasteiger partial charge in [-0.3, -0.25) is 9.36 Å². The average molecular weight is 359 g/mol. The molecule has 0 amide bonds. The second kappa shape index (κ2) is 7.95. The monoisotopic (exact) mass is 358 g/mol. The summed E-state index contributed by atoms with van der Waals surface area (Å²) in [5.41, 5.74) is 1.33. The van der Waals surface area contributed by atoms with Gasteiger partial charge in [0.15, 0.2) is 5.69 Å². The molecule has 0 bridgehead atoms. The summed E-state index contributed by atoms with van der Waals surface area (Å²) in [5, 5.41) is 28.2. The van der Waals surface area contributed by atoms with E-state index in [1.807, 2.05) is 19.9 Å². The van der Waals surface area contributed by atoms with Gasteiger partial charge in [0.05, 0.1) is 5.69 Å². The van der Waals surface area contributed by atoms with E-state index in [2.05, 4.69) is 10.2 Å². The number of unbranched alkanes of at least 4 members (excludes halogenated alkanes) is 1. The van der Waals surface area contributed by atoms with Crippen LogP contribution in [0.4, 0.5) is 11.4 Å². The minimum Gasteiger partial charge on any atom is -0.493 e. The van der Waals surface area contributed by atoms with Crippen LogP contribution in [0.5, 0.6) is 5.88 Å². The van der Waals surface area contributed by atoms with Gasteiger partial charge in [-0.1, -0.05) is 31.0 Å². The van der Waals surface area contributed by atoms with Gasteiger partial charge in [0, 0.05) is 17.1 Å². The highest BCUT2D eigenvalue weighted by Crippen LogP contribution is 2.28. The van der Waals surface area contributed by atoms with Crippen molar-refractivity contribution in [3.05, 3.63) is 50.3 Å². The summed E-state index contributed by atoms with van der Waals surface area (Å²) < 4.78 is 1.17. The van der Waals surface area contributed by atoms with Crippen molar-refractivity contribution in [2.75, 3.05) is 0 Å². The third-order valence-electron chi connectivity index (χ3n) is 3.93. The zero-order valence-corrected chi connectivity index (χ0v) is 15.1. The molecule has 0 atom stereocenters. The fourth-order valence-electron chi connectivity index (χ4n) is 2.33. The first-order valence-electron chi connectivity index (χ1n) is 7.95. The SMILES string of the molecule is CCCCn1c(O)c(C#N)c(C)c(N=Nc2ccc(C)c(Cl)c2)c1=O. The molecule has 0 saturated heterocycles. The van der Waals surface area contributed by atoms with Gasteiger partial charge >= 0.3 is 0 Å². The molecule has 2 aromatic rings. The van der Waals surface area contributed by atoms with Crippen LogP contribution in [-0.2, 0) is 6.54 Å². The second-order valence-corrected chi connectivity index (χ2v) is 6.14. The Hall–Kier alpha value is -2.65. The molecular formula is C18H19ClN4O2.